The predicted octanol–water partition coefficient (Wildman–Crippen LogP) is 6.07. The topological polar surface area (TPSA) is 90.2 Å². The van der Waals surface area contributed by atoms with Crippen molar-refractivity contribution in [2.45, 2.75) is 12.0 Å². The van der Waals surface area contributed by atoms with E-state index in [1.807, 2.05) is 54.6 Å². The molecule has 1 aliphatic carbocycles. The van der Waals surface area contributed by atoms with Gasteiger partial charge in [0.05, 0.1) is 19.1 Å². The molecule has 1 aliphatic rings. The van der Waals surface area contributed by atoms with Crippen molar-refractivity contribution < 1.29 is 25.2 Å². The van der Waals surface area contributed by atoms with Crippen LogP contribution in [0.4, 0.5) is 0 Å². The van der Waals surface area contributed by atoms with Gasteiger partial charge in [0.1, 0.15) is 23.0 Å². The summed E-state index contributed by atoms with van der Waals surface area (Å²) in [7, 11) is 1.62. The van der Waals surface area contributed by atoms with Gasteiger partial charge in [-0.05, 0) is 99.6 Å². The molecule has 1 unspecified atom stereocenters. The third-order valence-corrected chi connectivity index (χ3v) is 7.56. The van der Waals surface area contributed by atoms with Gasteiger partial charge in [0, 0.05) is 11.1 Å². The van der Waals surface area contributed by atoms with Gasteiger partial charge in [0.25, 0.3) is 0 Å². The van der Waals surface area contributed by atoms with Crippen LogP contribution in [-0.2, 0) is 12.0 Å². The maximum atomic E-state index is 10.7. The summed E-state index contributed by atoms with van der Waals surface area (Å²) < 4.78 is 5.45. The molecule has 0 aromatic heterocycles. The molecule has 5 nitrogen and oxygen atoms in total. The van der Waals surface area contributed by atoms with Gasteiger partial charge in [-0.15, -0.1) is 0 Å². The lowest BCUT2D eigenvalue weighted by Crippen LogP contribution is -2.30. The molecule has 0 radical (unpaired) electrons. The Balaban J connectivity index is 1.76. The number of aromatic hydroxyl groups is 3. The number of phenols is 3. The molecule has 0 saturated heterocycles. The van der Waals surface area contributed by atoms with Gasteiger partial charge in [-0.25, -0.2) is 0 Å². The van der Waals surface area contributed by atoms with Crippen LogP contribution in [-0.4, -0.2) is 27.5 Å². The molecule has 0 heterocycles. The fourth-order valence-corrected chi connectivity index (χ4v) is 5.74. The van der Waals surface area contributed by atoms with Crippen LogP contribution in [0.2, 0.25) is 0 Å². The third kappa shape index (κ3) is 3.94. The van der Waals surface area contributed by atoms with Crippen molar-refractivity contribution in [3.63, 3.8) is 0 Å². The molecule has 5 heteroatoms. The Kier molecular flexibility index (Phi) is 6.18. The summed E-state index contributed by atoms with van der Waals surface area (Å²) in [6.07, 6.45) is 0. The van der Waals surface area contributed by atoms with E-state index in [-0.39, 0.29) is 23.9 Å². The van der Waals surface area contributed by atoms with E-state index in [2.05, 4.69) is 11.8 Å². The van der Waals surface area contributed by atoms with Gasteiger partial charge in [0.2, 0.25) is 0 Å². The standard InChI is InChI=1S/C35H26O5/c1-40-29-15-8-25(9-16-29)35(24-6-12-27(38)13-7-24)33-20-28(39)14-19-31(33)32-18-5-23(21-36)30(34(32)35)17-4-22-2-10-26(37)11-3-22/h2-3,5-16,18-20,36-39H,21H2,1H3. The molecule has 1 atom stereocenters. The van der Waals surface area contributed by atoms with E-state index in [4.69, 9.17) is 4.74 Å². The van der Waals surface area contributed by atoms with Crippen molar-refractivity contribution in [2.75, 3.05) is 7.11 Å². The molecule has 0 bridgehead atoms. The molecule has 6 rings (SSSR count). The van der Waals surface area contributed by atoms with Gasteiger partial charge in [0.15, 0.2) is 0 Å². The molecule has 0 aliphatic heterocycles. The largest absolute Gasteiger partial charge is 0.508 e. The Morgan fingerprint density at radius 3 is 1.85 bits per heavy atom. The van der Waals surface area contributed by atoms with Crippen LogP contribution in [0.1, 0.15) is 38.9 Å². The van der Waals surface area contributed by atoms with Gasteiger partial charge < -0.3 is 25.2 Å². The minimum Gasteiger partial charge on any atom is -0.508 e. The molecule has 5 aromatic rings. The average molecular weight is 527 g/mol. The van der Waals surface area contributed by atoms with Crippen molar-refractivity contribution >= 4 is 0 Å². The second-order valence-corrected chi connectivity index (χ2v) is 9.73. The maximum Gasteiger partial charge on any atom is 0.118 e. The second kappa shape index (κ2) is 9.85. The molecule has 0 spiro atoms. The summed E-state index contributed by atoms with van der Waals surface area (Å²) in [6, 6.07) is 30.8. The number of hydrogen-bond donors (Lipinski definition) is 4. The first-order chi connectivity index (χ1) is 19.4. The monoisotopic (exact) mass is 526 g/mol. The van der Waals surface area contributed by atoms with E-state index in [0.29, 0.717) is 22.4 Å². The van der Waals surface area contributed by atoms with Crippen molar-refractivity contribution in [3.8, 4) is 46.0 Å². The SMILES string of the molecule is COc1ccc(C2(c3ccc(O)cc3)c3cc(O)ccc3-c3ccc(CO)c(C#Cc4ccc(O)cc4)c32)cc1. The first kappa shape index (κ1) is 25.1. The molecule has 5 aromatic carbocycles. The molecular formula is C35H26O5. The van der Waals surface area contributed by atoms with Crippen molar-refractivity contribution in [3.05, 3.63) is 142 Å². The van der Waals surface area contributed by atoms with E-state index in [0.717, 1.165) is 33.4 Å². The number of aliphatic hydroxyl groups excluding tert-OH is 1. The number of benzene rings is 5. The number of methoxy groups -OCH3 is 1. The highest BCUT2D eigenvalue weighted by atomic mass is 16.5. The molecular weight excluding hydrogens is 500 g/mol. The van der Waals surface area contributed by atoms with Gasteiger partial charge in [-0.3, -0.25) is 0 Å². The number of aliphatic hydroxyl groups is 1. The van der Waals surface area contributed by atoms with Crippen LogP contribution in [0.25, 0.3) is 11.1 Å². The smallest absolute Gasteiger partial charge is 0.118 e. The van der Waals surface area contributed by atoms with Crippen molar-refractivity contribution in [2.24, 2.45) is 0 Å². The van der Waals surface area contributed by atoms with Crippen molar-refractivity contribution in [1.82, 2.24) is 0 Å². The van der Waals surface area contributed by atoms with E-state index in [1.165, 1.54) is 0 Å². The Morgan fingerprint density at radius 2 is 1.23 bits per heavy atom. The number of hydrogen-bond acceptors (Lipinski definition) is 5. The Bertz CT molecular complexity index is 1780. The van der Waals surface area contributed by atoms with Gasteiger partial charge in [-0.2, -0.15) is 0 Å². The molecule has 4 N–H and O–H groups in total. The molecule has 0 fully saturated rings. The Labute approximate surface area is 232 Å². The first-order valence-electron chi connectivity index (χ1n) is 12.8. The number of phenolic OH excluding ortho intramolecular Hbond substituents is 3. The van der Waals surface area contributed by atoms with E-state index < -0.39 is 5.41 Å². The normalized spacial score (nSPS) is 15.1. The number of fused-ring (bicyclic) bond motifs is 3. The highest BCUT2D eigenvalue weighted by Gasteiger charge is 2.48. The highest BCUT2D eigenvalue weighted by Crippen LogP contribution is 2.58. The predicted molar refractivity (Wildman–Crippen MR) is 154 cm³/mol. The minimum atomic E-state index is -0.937. The molecule has 0 amide bonds. The first-order valence-corrected chi connectivity index (χ1v) is 12.8. The highest BCUT2D eigenvalue weighted by molar-refractivity contribution is 5.89. The zero-order valence-corrected chi connectivity index (χ0v) is 21.7. The lowest BCUT2D eigenvalue weighted by molar-refractivity contribution is 0.281. The number of rotatable bonds is 4. The van der Waals surface area contributed by atoms with E-state index >= 15 is 0 Å². The summed E-state index contributed by atoms with van der Waals surface area (Å²) in [6.45, 7) is -0.220. The van der Waals surface area contributed by atoms with Gasteiger partial charge >= 0.3 is 0 Å². The van der Waals surface area contributed by atoms with Crippen LogP contribution in [0.3, 0.4) is 0 Å². The summed E-state index contributed by atoms with van der Waals surface area (Å²) >= 11 is 0. The molecule has 0 saturated carbocycles. The molecule has 196 valence electrons. The molecule has 40 heavy (non-hydrogen) atoms. The fraction of sp³-hybridized carbons (Fsp3) is 0.0857. The summed E-state index contributed by atoms with van der Waals surface area (Å²) in [4.78, 5) is 0. The fourth-order valence-electron chi connectivity index (χ4n) is 5.74. The van der Waals surface area contributed by atoms with Crippen LogP contribution in [0, 0.1) is 11.8 Å². The third-order valence-electron chi connectivity index (χ3n) is 7.56. The minimum absolute atomic E-state index is 0.127. The Hall–Kier alpha value is -5.18. The summed E-state index contributed by atoms with van der Waals surface area (Å²) in [5, 5.41) is 41.1. The summed E-state index contributed by atoms with van der Waals surface area (Å²) in [5.41, 5.74) is 6.51. The summed E-state index contributed by atoms with van der Waals surface area (Å²) in [5.74, 6) is 7.69. The lowest BCUT2D eigenvalue weighted by Gasteiger charge is -2.35. The van der Waals surface area contributed by atoms with E-state index in [1.54, 1.807) is 55.6 Å². The second-order valence-electron chi connectivity index (χ2n) is 9.73. The van der Waals surface area contributed by atoms with Crippen LogP contribution in [0.5, 0.6) is 23.0 Å². The van der Waals surface area contributed by atoms with Gasteiger partial charge in [-0.1, -0.05) is 54.3 Å². The van der Waals surface area contributed by atoms with Crippen LogP contribution < -0.4 is 4.74 Å². The quantitative estimate of drug-likeness (QED) is 0.210. The van der Waals surface area contributed by atoms with Crippen LogP contribution in [0.15, 0.2) is 103 Å². The number of ether oxygens (including phenoxy) is 1. The van der Waals surface area contributed by atoms with E-state index in [9.17, 15) is 20.4 Å². The lowest BCUT2D eigenvalue weighted by atomic mass is 9.66. The average Bonchev–Trinajstić information content (AvgIpc) is 3.27. The zero-order chi connectivity index (χ0) is 27.9. The van der Waals surface area contributed by atoms with Crippen molar-refractivity contribution in [1.29, 1.82) is 0 Å². The van der Waals surface area contributed by atoms with Crippen LogP contribution >= 0.6 is 0 Å². The zero-order valence-electron chi connectivity index (χ0n) is 21.7. The Morgan fingerprint density at radius 1 is 0.650 bits per heavy atom. The maximum absolute atomic E-state index is 10.7.